The van der Waals surface area contributed by atoms with Crippen molar-refractivity contribution in [2.24, 2.45) is 0 Å². The summed E-state index contributed by atoms with van der Waals surface area (Å²) in [5, 5.41) is 4.17. The van der Waals surface area contributed by atoms with Gasteiger partial charge in [-0.2, -0.15) is 5.10 Å². The summed E-state index contributed by atoms with van der Waals surface area (Å²) >= 11 is 5.64. The fourth-order valence-electron chi connectivity index (χ4n) is 1.93. The van der Waals surface area contributed by atoms with E-state index in [9.17, 15) is 8.78 Å². The van der Waals surface area contributed by atoms with Crippen LogP contribution in [0.3, 0.4) is 0 Å². The van der Waals surface area contributed by atoms with E-state index >= 15 is 0 Å². The minimum Gasteiger partial charge on any atom is -0.240 e. The van der Waals surface area contributed by atoms with Gasteiger partial charge in [0.25, 0.3) is 0 Å². The molecule has 0 N–H and O–H groups in total. The van der Waals surface area contributed by atoms with Crippen molar-refractivity contribution in [2.45, 2.75) is 0 Å². The molecule has 0 radical (unpaired) electrons. The van der Waals surface area contributed by atoms with Crippen LogP contribution < -0.4 is 0 Å². The minimum absolute atomic E-state index is 0.0511. The number of benzene rings is 2. The van der Waals surface area contributed by atoms with Crippen LogP contribution in [0.15, 0.2) is 54.9 Å². The maximum Gasteiger partial charge on any atom is 0.143 e. The molecular formula is C15H9ClF2N2. The molecule has 5 heteroatoms. The normalized spacial score (nSPS) is 10.8. The second-order valence-electron chi connectivity index (χ2n) is 4.25. The maximum absolute atomic E-state index is 13.7. The first-order valence-corrected chi connectivity index (χ1v) is 6.28. The lowest BCUT2D eigenvalue weighted by Gasteiger charge is -2.02. The molecule has 0 aliphatic heterocycles. The predicted octanol–water partition coefficient (Wildman–Crippen LogP) is 4.47. The number of hydrogen-bond acceptors (Lipinski definition) is 1. The van der Waals surface area contributed by atoms with E-state index in [-0.39, 0.29) is 10.8 Å². The Labute approximate surface area is 119 Å². The van der Waals surface area contributed by atoms with Crippen molar-refractivity contribution in [3.05, 3.63) is 71.5 Å². The Kier molecular flexibility index (Phi) is 3.24. The van der Waals surface area contributed by atoms with Crippen molar-refractivity contribution in [2.75, 3.05) is 0 Å². The smallest absolute Gasteiger partial charge is 0.143 e. The van der Waals surface area contributed by atoms with Gasteiger partial charge in [-0.1, -0.05) is 29.8 Å². The van der Waals surface area contributed by atoms with Gasteiger partial charge >= 0.3 is 0 Å². The van der Waals surface area contributed by atoms with Gasteiger partial charge in [-0.25, -0.2) is 13.5 Å². The number of rotatable bonds is 2. The molecule has 0 spiro atoms. The van der Waals surface area contributed by atoms with E-state index in [2.05, 4.69) is 5.10 Å². The van der Waals surface area contributed by atoms with Gasteiger partial charge in [-0.05, 0) is 18.2 Å². The summed E-state index contributed by atoms with van der Waals surface area (Å²) in [6.45, 7) is 0. The van der Waals surface area contributed by atoms with Crippen LogP contribution >= 0.6 is 11.6 Å². The van der Waals surface area contributed by atoms with Crippen LogP contribution in [0.2, 0.25) is 5.02 Å². The lowest BCUT2D eigenvalue weighted by molar-refractivity contribution is 0.625. The summed E-state index contributed by atoms with van der Waals surface area (Å²) < 4.78 is 28.6. The zero-order valence-corrected chi connectivity index (χ0v) is 11.0. The Morgan fingerprint density at radius 1 is 1.00 bits per heavy atom. The molecule has 0 saturated heterocycles. The fourth-order valence-corrected chi connectivity index (χ4v) is 2.04. The van der Waals surface area contributed by atoms with E-state index in [1.54, 1.807) is 30.5 Å². The molecule has 0 unspecified atom stereocenters. The highest BCUT2D eigenvalue weighted by Gasteiger charge is 2.08. The molecule has 0 atom stereocenters. The summed E-state index contributed by atoms with van der Waals surface area (Å²) in [6, 6.07) is 10.8. The zero-order chi connectivity index (χ0) is 14.1. The first-order chi connectivity index (χ1) is 9.65. The average Bonchev–Trinajstić information content (AvgIpc) is 2.92. The summed E-state index contributed by atoms with van der Waals surface area (Å²) in [4.78, 5) is 0. The van der Waals surface area contributed by atoms with Crippen LogP contribution in [-0.2, 0) is 0 Å². The van der Waals surface area contributed by atoms with Gasteiger partial charge in [-0.15, -0.1) is 0 Å². The third-order valence-electron chi connectivity index (χ3n) is 2.94. The van der Waals surface area contributed by atoms with E-state index < -0.39 is 5.82 Å². The van der Waals surface area contributed by atoms with Gasteiger partial charge in [0.1, 0.15) is 11.6 Å². The molecule has 100 valence electrons. The molecule has 2 nitrogen and oxygen atoms in total. The molecule has 1 heterocycles. The largest absolute Gasteiger partial charge is 0.240 e. The van der Waals surface area contributed by atoms with E-state index in [4.69, 9.17) is 11.6 Å². The van der Waals surface area contributed by atoms with Crippen LogP contribution in [0.25, 0.3) is 16.8 Å². The lowest BCUT2D eigenvalue weighted by Crippen LogP contribution is -1.94. The van der Waals surface area contributed by atoms with E-state index in [1.807, 2.05) is 0 Å². The maximum atomic E-state index is 13.7. The number of hydrogen-bond donors (Lipinski definition) is 0. The van der Waals surface area contributed by atoms with Crippen molar-refractivity contribution in [1.29, 1.82) is 0 Å². The van der Waals surface area contributed by atoms with Crippen molar-refractivity contribution < 1.29 is 8.78 Å². The topological polar surface area (TPSA) is 17.8 Å². The van der Waals surface area contributed by atoms with Crippen LogP contribution in [0, 0.1) is 11.6 Å². The Balaban J connectivity index is 2.02. The minimum atomic E-state index is -0.521. The molecule has 20 heavy (non-hydrogen) atoms. The molecule has 0 fully saturated rings. The standard InChI is InChI=1S/C15H9ClF2N2/c16-13-6-5-11(7-15(13)18)20-9-10(8-19-20)12-3-1-2-4-14(12)17/h1-9H. The SMILES string of the molecule is Fc1cc(-n2cc(-c3ccccc3F)cn2)ccc1Cl. The van der Waals surface area contributed by atoms with Crippen LogP contribution in [0.5, 0.6) is 0 Å². The summed E-state index contributed by atoms with van der Waals surface area (Å²) in [7, 11) is 0. The van der Waals surface area contributed by atoms with Gasteiger partial charge in [-0.3, -0.25) is 0 Å². The van der Waals surface area contributed by atoms with Crippen LogP contribution in [0.4, 0.5) is 8.78 Å². The third kappa shape index (κ3) is 2.30. The monoisotopic (exact) mass is 290 g/mol. The van der Waals surface area contributed by atoms with Gasteiger partial charge in [0.2, 0.25) is 0 Å². The number of nitrogens with zero attached hydrogens (tertiary/aromatic N) is 2. The highest BCUT2D eigenvalue weighted by molar-refractivity contribution is 6.30. The third-order valence-corrected chi connectivity index (χ3v) is 3.24. The molecule has 0 aliphatic carbocycles. The van der Waals surface area contributed by atoms with Gasteiger partial charge < -0.3 is 0 Å². The molecule has 3 aromatic rings. The molecular weight excluding hydrogens is 282 g/mol. The van der Waals surface area contributed by atoms with E-state index in [0.29, 0.717) is 16.8 Å². The second-order valence-corrected chi connectivity index (χ2v) is 4.66. The summed E-state index contributed by atoms with van der Waals surface area (Å²) in [6.07, 6.45) is 3.17. The Morgan fingerprint density at radius 3 is 2.55 bits per heavy atom. The van der Waals surface area contributed by atoms with Gasteiger partial charge in [0.15, 0.2) is 0 Å². The van der Waals surface area contributed by atoms with Crippen molar-refractivity contribution in [3.63, 3.8) is 0 Å². The highest BCUT2D eigenvalue weighted by atomic mass is 35.5. The molecule has 2 aromatic carbocycles. The number of halogens is 3. The van der Waals surface area contributed by atoms with E-state index in [1.165, 1.54) is 29.1 Å². The highest BCUT2D eigenvalue weighted by Crippen LogP contribution is 2.24. The predicted molar refractivity (Wildman–Crippen MR) is 73.9 cm³/mol. The Bertz CT molecular complexity index is 768. The first kappa shape index (κ1) is 12.8. The zero-order valence-electron chi connectivity index (χ0n) is 10.2. The average molecular weight is 291 g/mol. The molecule has 0 bridgehead atoms. The van der Waals surface area contributed by atoms with Gasteiger partial charge in [0, 0.05) is 23.4 Å². The molecule has 0 aliphatic rings. The van der Waals surface area contributed by atoms with Crippen molar-refractivity contribution in [3.8, 4) is 16.8 Å². The molecule has 3 rings (SSSR count). The lowest BCUT2D eigenvalue weighted by atomic mass is 10.1. The molecule has 0 saturated carbocycles. The first-order valence-electron chi connectivity index (χ1n) is 5.90. The van der Waals surface area contributed by atoms with Crippen molar-refractivity contribution >= 4 is 11.6 Å². The molecule has 1 aromatic heterocycles. The van der Waals surface area contributed by atoms with Crippen molar-refractivity contribution in [1.82, 2.24) is 9.78 Å². The second kappa shape index (κ2) is 5.06. The summed E-state index contributed by atoms with van der Waals surface area (Å²) in [5.41, 5.74) is 1.60. The van der Waals surface area contributed by atoms with Crippen LogP contribution in [0.1, 0.15) is 0 Å². The number of aromatic nitrogens is 2. The molecule has 0 amide bonds. The van der Waals surface area contributed by atoms with E-state index in [0.717, 1.165) is 0 Å². The quantitative estimate of drug-likeness (QED) is 0.681. The van der Waals surface area contributed by atoms with Gasteiger partial charge in [0.05, 0.1) is 16.9 Å². The Hall–Kier alpha value is -2.20. The Morgan fingerprint density at radius 2 is 1.80 bits per heavy atom. The summed E-state index contributed by atoms with van der Waals surface area (Å²) in [5.74, 6) is -0.846. The van der Waals surface area contributed by atoms with Crippen LogP contribution in [-0.4, -0.2) is 9.78 Å². The fraction of sp³-hybridized carbons (Fsp3) is 0.